The Morgan fingerprint density at radius 1 is 1.32 bits per heavy atom. The van der Waals surface area contributed by atoms with E-state index in [2.05, 4.69) is 16.6 Å². The van der Waals surface area contributed by atoms with Crippen molar-refractivity contribution < 1.29 is 4.79 Å². The van der Waals surface area contributed by atoms with E-state index in [-0.39, 0.29) is 6.03 Å². The van der Waals surface area contributed by atoms with Crippen molar-refractivity contribution in [1.82, 2.24) is 20.0 Å². The third-order valence-corrected chi connectivity index (χ3v) is 5.42. The Bertz CT molecular complexity index is 738. The molecule has 5 nitrogen and oxygen atoms in total. The zero-order valence-corrected chi connectivity index (χ0v) is 15.7. The third kappa shape index (κ3) is 4.47. The van der Waals surface area contributed by atoms with Gasteiger partial charge in [0, 0.05) is 25.8 Å². The summed E-state index contributed by atoms with van der Waals surface area (Å²) in [6.07, 6.45) is 6.45. The van der Waals surface area contributed by atoms with Gasteiger partial charge in [-0.3, -0.25) is 4.68 Å². The van der Waals surface area contributed by atoms with Crippen LogP contribution >= 0.6 is 23.2 Å². The summed E-state index contributed by atoms with van der Waals surface area (Å²) in [5.74, 6) is 0. The van der Waals surface area contributed by atoms with Gasteiger partial charge < -0.3 is 10.2 Å². The molecule has 0 radical (unpaired) electrons. The van der Waals surface area contributed by atoms with Crippen molar-refractivity contribution >= 4 is 29.2 Å². The van der Waals surface area contributed by atoms with E-state index < -0.39 is 0 Å². The zero-order valence-electron chi connectivity index (χ0n) is 14.2. The van der Waals surface area contributed by atoms with Crippen LogP contribution in [0.5, 0.6) is 0 Å². The Hall–Kier alpha value is -1.72. The molecule has 1 aliphatic heterocycles. The van der Waals surface area contributed by atoms with Gasteiger partial charge in [0.05, 0.1) is 22.3 Å². The van der Waals surface area contributed by atoms with Crippen LogP contribution in [0, 0.1) is 6.92 Å². The number of benzene rings is 1. The van der Waals surface area contributed by atoms with Crippen LogP contribution in [0.4, 0.5) is 4.79 Å². The number of nitrogens with one attached hydrogen (secondary N) is 1. The van der Waals surface area contributed by atoms with Gasteiger partial charge in [-0.2, -0.15) is 5.10 Å². The predicted octanol–water partition coefficient (Wildman–Crippen LogP) is 4.09. The minimum Gasteiger partial charge on any atom is -0.338 e. The molecular weight excluding hydrogens is 359 g/mol. The van der Waals surface area contributed by atoms with Crippen molar-refractivity contribution in [3.05, 3.63) is 51.8 Å². The Morgan fingerprint density at radius 2 is 2.08 bits per heavy atom. The summed E-state index contributed by atoms with van der Waals surface area (Å²) >= 11 is 12.2. The third-order valence-electron chi connectivity index (χ3n) is 4.56. The molecule has 0 spiro atoms. The molecule has 0 unspecified atom stereocenters. The highest BCUT2D eigenvalue weighted by Crippen LogP contribution is 2.25. The van der Waals surface area contributed by atoms with Gasteiger partial charge in [-0.25, -0.2) is 4.79 Å². The van der Waals surface area contributed by atoms with Crippen LogP contribution in [0.3, 0.4) is 0 Å². The lowest BCUT2D eigenvalue weighted by molar-refractivity contribution is 0.169. The van der Waals surface area contributed by atoms with Gasteiger partial charge >= 0.3 is 6.03 Å². The predicted molar refractivity (Wildman–Crippen MR) is 100 cm³/mol. The molecule has 0 atom stereocenters. The molecule has 2 heterocycles. The number of carbonyl (C=O) groups excluding carboxylic acids is 1. The average Bonchev–Trinajstić information content (AvgIpc) is 3.05. The van der Waals surface area contributed by atoms with Crippen LogP contribution < -0.4 is 5.32 Å². The minimum atomic E-state index is -0.0201. The van der Waals surface area contributed by atoms with Crippen molar-refractivity contribution in [2.75, 3.05) is 19.6 Å². The Labute approximate surface area is 157 Å². The lowest BCUT2D eigenvalue weighted by Crippen LogP contribution is -2.45. The highest BCUT2D eigenvalue weighted by atomic mass is 35.5. The van der Waals surface area contributed by atoms with E-state index >= 15 is 0 Å². The fourth-order valence-corrected chi connectivity index (χ4v) is 3.54. The van der Waals surface area contributed by atoms with Gasteiger partial charge in [0.25, 0.3) is 0 Å². The molecule has 1 aromatic carbocycles. The molecule has 25 heavy (non-hydrogen) atoms. The zero-order chi connectivity index (χ0) is 17.8. The maximum Gasteiger partial charge on any atom is 0.317 e. The van der Waals surface area contributed by atoms with Crippen LogP contribution in [-0.2, 0) is 6.42 Å². The number of aromatic nitrogens is 2. The molecule has 2 aromatic rings. The molecule has 0 saturated carbocycles. The smallest absolute Gasteiger partial charge is 0.317 e. The first-order chi connectivity index (χ1) is 12.0. The van der Waals surface area contributed by atoms with E-state index in [9.17, 15) is 4.79 Å². The lowest BCUT2D eigenvalue weighted by Gasteiger charge is -2.32. The number of likely N-dealkylation sites (tertiary alicyclic amines) is 1. The first-order valence-corrected chi connectivity index (χ1v) is 9.26. The molecule has 3 rings (SSSR count). The van der Waals surface area contributed by atoms with E-state index in [0.29, 0.717) is 29.1 Å². The summed E-state index contributed by atoms with van der Waals surface area (Å²) < 4.78 is 2.02. The maximum atomic E-state index is 12.3. The molecule has 1 N–H and O–H groups in total. The van der Waals surface area contributed by atoms with Crippen molar-refractivity contribution in [1.29, 1.82) is 0 Å². The molecule has 0 aliphatic carbocycles. The van der Waals surface area contributed by atoms with E-state index in [1.165, 1.54) is 5.56 Å². The Morgan fingerprint density at radius 3 is 2.76 bits per heavy atom. The van der Waals surface area contributed by atoms with Crippen LogP contribution in [0.2, 0.25) is 10.0 Å². The van der Waals surface area contributed by atoms with Crippen LogP contribution in [0.1, 0.15) is 30.0 Å². The topological polar surface area (TPSA) is 50.2 Å². The fraction of sp³-hybridized carbons (Fsp3) is 0.444. The van der Waals surface area contributed by atoms with E-state index in [1.807, 2.05) is 34.8 Å². The van der Waals surface area contributed by atoms with Gasteiger partial charge in [0.1, 0.15) is 0 Å². The van der Waals surface area contributed by atoms with Gasteiger partial charge in [0.15, 0.2) is 0 Å². The maximum absolute atomic E-state index is 12.3. The molecule has 134 valence electrons. The molecule has 1 aromatic heterocycles. The number of piperidine rings is 1. The van der Waals surface area contributed by atoms with Crippen LogP contribution in [0.25, 0.3) is 0 Å². The second-order valence-electron chi connectivity index (χ2n) is 6.41. The number of amides is 2. The first kappa shape index (κ1) is 18.1. The van der Waals surface area contributed by atoms with Gasteiger partial charge in [-0.05, 0) is 43.4 Å². The number of halogens is 2. The monoisotopic (exact) mass is 380 g/mol. The summed E-state index contributed by atoms with van der Waals surface area (Å²) in [7, 11) is 0. The van der Waals surface area contributed by atoms with Crippen molar-refractivity contribution in [2.24, 2.45) is 0 Å². The normalized spacial score (nSPS) is 15.4. The van der Waals surface area contributed by atoms with Gasteiger partial charge in [0.2, 0.25) is 0 Å². The summed E-state index contributed by atoms with van der Waals surface area (Å²) in [5, 5.41) is 8.46. The highest BCUT2D eigenvalue weighted by Gasteiger charge is 2.24. The second kappa shape index (κ2) is 8.11. The molecule has 1 aliphatic rings. The van der Waals surface area contributed by atoms with Crippen molar-refractivity contribution in [3.8, 4) is 0 Å². The lowest BCUT2D eigenvalue weighted by atomic mass is 10.1. The molecular formula is C18H22Cl2N4O. The average molecular weight is 381 g/mol. The molecule has 1 saturated heterocycles. The first-order valence-electron chi connectivity index (χ1n) is 8.51. The number of aryl methyl sites for hydroxylation is 1. The number of rotatable bonds is 4. The molecule has 1 fully saturated rings. The van der Waals surface area contributed by atoms with E-state index in [4.69, 9.17) is 23.2 Å². The van der Waals surface area contributed by atoms with Crippen molar-refractivity contribution in [3.63, 3.8) is 0 Å². The largest absolute Gasteiger partial charge is 0.338 e. The SMILES string of the molecule is Cc1cnn(C2CCN(C(=O)NCCc3cccc(Cl)c3Cl)CC2)c1. The Balaban J connectivity index is 1.44. The molecule has 2 amide bonds. The van der Waals surface area contributed by atoms with Gasteiger partial charge in [-0.1, -0.05) is 35.3 Å². The van der Waals surface area contributed by atoms with Crippen LogP contribution in [0.15, 0.2) is 30.6 Å². The molecule has 0 bridgehead atoms. The number of carbonyl (C=O) groups is 1. The summed E-state index contributed by atoms with van der Waals surface area (Å²) in [4.78, 5) is 14.2. The van der Waals surface area contributed by atoms with Crippen LogP contribution in [-0.4, -0.2) is 40.3 Å². The number of urea groups is 1. The van der Waals surface area contributed by atoms with Crippen molar-refractivity contribution in [2.45, 2.75) is 32.2 Å². The Kier molecular flexibility index (Phi) is 5.86. The standard InChI is InChI=1S/C18H22Cl2N4O/c1-13-11-22-24(12-13)15-6-9-23(10-7-15)18(25)21-8-5-14-3-2-4-16(19)17(14)20/h2-4,11-12,15H,5-10H2,1H3,(H,21,25). The summed E-state index contributed by atoms with van der Waals surface area (Å²) in [6, 6.07) is 5.92. The second-order valence-corrected chi connectivity index (χ2v) is 7.20. The highest BCUT2D eigenvalue weighted by molar-refractivity contribution is 6.42. The van der Waals surface area contributed by atoms with E-state index in [1.54, 1.807) is 6.07 Å². The molecule has 7 heteroatoms. The minimum absolute atomic E-state index is 0.0201. The summed E-state index contributed by atoms with van der Waals surface area (Å²) in [5.41, 5.74) is 2.11. The number of nitrogens with zero attached hydrogens (tertiary/aromatic N) is 3. The fourth-order valence-electron chi connectivity index (χ4n) is 3.12. The van der Waals surface area contributed by atoms with E-state index in [0.717, 1.165) is 31.5 Å². The summed E-state index contributed by atoms with van der Waals surface area (Å²) in [6.45, 7) is 4.07. The van der Waals surface area contributed by atoms with Gasteiger partial charge in [-0.15, -0.1) is 0 Å². The number of hydrogen-bond donors (Lipinski definition) is 1. The quantitative estimate of drug-likeness (QED) is 0.868. The number of hydrogen-bond acceptors (Lipinski definition) is 2.